The van der Waals surface area contributed by atoms with E-state index in [4.69, 9.17) is 11.5 Å². The SMILES string of the molecule is C#CCN(CCC(=O)O)c1ccc(Br)c(C)c1. The van der Waals surface area contributed by atoms with Gasteiger partial charge in [0.25, 0.3) is 0 Å². The van der Waals surface area contributed by atoms with Crippen LogP contribution >= 0.6 is 15.9 Å². The fourth-order valence-electron chi connectivity index (χ4n) is 1.47. The maximum Gasteiger partial charge on any atom is 0.305 e. The Morgan fingerprint density at radius 1 is 1.59 bits per heavy atom. The highest BCUT2D eigenvalue weighted by Crippen LogP contribution is 2.22. The average molecular weight is 296 g/mol. The number of hydrogen-bond acceptors (Lipinski definition) is 2. The fourth-order valence-corrected chi connectivity index (χ4v) is 1.71. The maximum atomic E-state index is 10.6. The quantitative estimate of drug-likeness (QED) is 0.849. The first kappa shape index (κ1) is 13.6. The zero-order chi connectivity index (χ0) is 12.8. The Bertz CT molecular complexity index is 451. The van der Waals surface area contributed by atoms with E-state index in [1.807, 2.05) is 30.0 Å². The standard InChI is InChI=1S/C13H14BrNO2/c1-3-7-15(8-6-13(16)17)11-4-5-12(14)10(2)9-11/h1,4-5,9H,6-8H2,2H3,(H,16,17). The van der Waals surface area contributed by atoms with Gasteiger partial charge in [-0.15, -0.1) is 6.42 Å². The average Bonchev–Trinajstić information content (AvgIpc) is 2.28. The van der Waals surface area contributed by atoms with Gasteiger partial charge in [0.05, 0.1) is 13.0 Å². The minimum atomic E-state index is -0.819. The fraction of sp³-hybridized carbons (Fsp3) is 0.308. The van der Waals surface area contributed by atoms with Crippen molar-refractivity contribution in [3.63, 3.8) is 0 Å². The molecule has 0 amide bonds. The Hall–Kier alpha value is -1.47. The van der Waals surface area contributed by atoms with Crippen LogP contribution < -0.4 is 4.90 Å². The number of carbonyl (C=O) groups is 1. The zero-order valence-electron chi connectivity index (χ0n) is 9.61. The van der Waals surface area contributed by atoms with Crippen molar-refractivity contribution < 1.29 is 9.90 Å². The number of halogens is 1. The van der Waals surface area contributed by atoms with Crippen molar-refractivity contribution in [1.82, 2.24) is 0 Å². The Labute approximate surface area is 110 Å². The first-order valence-electron chi connectivity index (χ1n) is 5.21. The highest BCUT2D eigenvalue weighted by Gasteiger charge is 2.08. The van der Waals surface area contributed by atoms with Crippen LogP contribution in [0.25, 0.3) is 0 Å². The third-order valence-electron chi connectivity index (χ3n) is 2.38. The molecular weight excluding hydrogens is 282 g/mol. The molecule has 0 spiro atoms. The van der Waals surface area contributed by atoms with Crippen LogP contribution in [0.5, 0.6) is 0 Å². The van der Waals surface area contributed by atoms with Crippen LogP contribution in [0.15, 0.2) is 22.7 Å². The molecule has 1 rings (SSSR count). The van der Waals surface area contributed by atoms with Crippen LogP contribution in [0.3, 0.4) is 0 Å². The third kappa shape index (κ3) is 4.12. The molecule has 0 unspecified atom stereocenters. The molecular formula is C13H14BrNO2. The zero-order valence-corrected chi connectivity index (χ0v) is 11.2. The van der Waals surface area contributed by atoms with Crippen molar-refractivity contribution in [3.05, 3.63) is 28.2 Å². The van der Waals surface area contributed by atoms with Gasteiger partial charge in [0.2, 0.25) is 0 Å². The van der Waals surface area contributed by atoms with E-state index in [-0.39, 0.29) is 6.42 Å². The number of rotatable bonds is 5. The molecule has 0 saturated heterocycles. The predicted molar refractivity (Wildman–Crippen MR) is 72.2 cm³/mol. The van der Waals surface area contributed by atoms with Gasteiger partial charge in [0.15, 0.2) is 0 Å². The van der Waals surface area contributed by atoms with E-state index in [0.717, 1.165) is 15.7 Å². The van der Waals surface area contributed by atoms with Crippen molar-refractivity contribution in [2.75, 3.05) is 18.0 Å². The van der Waals surface area contributed by atoms with Gasteiger partial charge < -0.3 is 10.0 Å². The lowest BCUT2D eigenvalue weighted by atomic mass is 10.2. The van der Waals surface area contributed by atoms with E-state index in [0.29, 0.717) is 13.1 Å². The summed E-state index contributed by atoms with van der Waals surface area (Å²) in [4.78, 5) is 12.5. The third-order valence-corrected chi connectivity index (χ3v) is 3.27. The molecule has 17 heavy (non-hydrogen) atoms. The highest BCUT2D eigenvalue weighted by molar-refractivity contribution is 9.10. The second kappa shape index (κ2) is 6.31. The van der Waals surface area contributed by atoms with E-state index in [1.54, 1.807) is 0 Å². The summed E-state index contributed by atoms with van der Waals surface area (Å²) in [5, 5.41) is 8.69. The summed E-state index contributed by atoms with van der Waals surface area (Å²) in [6.45, 7) is 2.81. The van der Waals surface area contributed by atoms with E-state index >= 15 is 0 Å². The molecule has 0 heterocycles. The molecule has 0 fully saturated rings. The van der Waals surface area contributed by atoms with Gasteiger partial charge in [-0.2, -0.15) is 0 Å². The van der Waals surface area contributed by atoms with E-state index in [9.17, 15) is 4.79 Å². The van der Waals surface area contributed by atoms with Gasteiger partial charge in [-0.3, -0.25) is 4.79 Å². The van der Waals surface area contributed by atoms with Crippen LogP contribution in [-0.4, -0.2) is 24.2 Å². The molecule has 0 aliphatic heterocycles. The van der Waals surface area contributed by atoms with E-state index < -0.39 is 5.97 Å². The van der Waals surface area contributed by atoms with Crippen molar-refractivity contribution in [2.45, 2.75) is 13.3 Å². The number of hydrogen-bond donors (Lipinski definition) is 1. The summed E-state index contributed by atoms with van der Waals surface area (Å²) >= 11 is 3.43. The molecule has 0 aliphatic carbocycles. The second-order valence-electron chi connectivity index (χ2n) is 3.70. The van der Waals surface area contributed by atoms with Crippen LogP contribution in [-0.2, 0) is 4.79 Å². The maximum absolute atomic E-state index is 10.6. The van der Waals surface area contributed by atoms with Crippen LogP contribution in [0, 0.1) is 19.3 Å². The first-order chi connectivity index (χ1) is 8.04. The summed E-state index contributed by atoms with van der Waals surface area (Å²) in [7, 11) is 0. The summed E-state index contributed by atoms with van der Waals surface area (Å²) in [6, 6.07) is 5.86. The number of terminal acetylenes is 1. The summed E-state index contributed by atoms with van der Waals surface area (Å²) in [6.07, 6.45) is 5.37. The minimum Gasteiger partial charge on any atom is -0.481 e. The number of carboxylic acids is 1. The lowest BCUT2D eigenvalue weighted by molar-refractivity contribution is -0.136. The molecule has 1 N–H and O–H groups in total. The van der Waals surface area contributed by atoms with Gasteiger partial charge >= 0.3 is 5.97 Å². The lowest BCUT2D eigenvalue weighted by Crippen LogP contribution is -2.26. The largest absolute Gasteiger partial charge is 0.481 e. The Morgan fingerprint density at radius 2 is 2.29 bits per heavy atom. The van der Waals surface area contributed by atoms with Gasteiger partial charge in [-0.1, -0.05) is 21.9 Å². The lowest BCUT2D eigenvalue weighted by Gasteiger charge is -2.22. The van der Waals surface area contributed by atoms with Gasteiger partial charge in [0, 0.05) is 16.7 Å². The molecule has 0 aliphatic rings. The predicted octanol–water partition coefficient (Wildman–Crippen LogP) is 2.67. The number of nitrogens with zero attached hydrogens (tertiary/aromatic N) is 1. The number of anilines is 1. The molecule has 0 saturated carbocycles. The first-order valence-corrected chi connectivity index (χ1v) is 6.00. The van der Waals surface area contributed by atoms with Crippen molar-refractivity contribution in [1.29, 1.82) is 0 Å². The molecule has 0 aromatic heterocycles. The number of aryl methyl sites for hydroxylation is 1. The monoisotopic (exact) mass is 295 g/mol. The summed E-state index contributed by atoms with van der Waals surface area (Å²) in [5.74, 6) is 1.73. The molecule has 0 radical (unpaired) electrons. The summed E-state index contributed by atoms with van der Waals surface area (Å²) < 4.78 is 1.03. The molecule has 3 nitrogen and oxygen atoms in total. The molecule has 1 aromatic carbocycles. The Balaban J connectivity index is 2.85. The van der Waals surface area contributed by atoms with Crippen LogP contribution in [0.2, 0.25) is 0 Å². The van der Waals surface area contributed by atoms with Crippen molar-refractivity contribution in [2.24, 2.45) is 0 Å². The minimum absolute atomic E-state index is 0.0802. The van der Waals surface area contributed by atoms with Crippen molar-refractivity contribution >= 4 is 27.6 Å². The van der Waals surface area contributed by atoms with Gasteiger partial charge in [-0.25, -0.2) is 0 Å². The molecule has 1 aromatic rings. The number of benzene rings is 1. The van der Waals surface area contributed by atoms with Crippen LogP contribution in [0.1, 0.15) is 12.0 Å². The Kier molecular flexibility index (Phi) is 5.05. The molecule has 0 atom stereocenters. The molecule has 0 bridgehead atoms. The number of aliphatic carboxylic acids is 1. The smallest absolute Gasteiger partial charge is 0.305 e. The topological polar surface area (TPSA) is 40.5 Å². The van der Waals surface area contributed by atoms with Gasteiger partial charge in [-0.05, 0) is 30.7 Å². The van der Waals surface area contributed by atoms with E-state index in [1.165, 1.54) is 0 Å². The normalized spacial score (nSPS) is 9.71. The van der Waals surface area contributed by atoms with E-state index in [2.05, 4.69) is 21.9 Å². The van der Waals surface area contributed by atoms with Crippen molar-refractivity contribution in [3.8, 4) is 12.3 Å². The molecule has 4 heteroatoms. The Morgan fingerprint density at radius 3 is 2.82 bits per heavy atom. The number of carboxylic acid groups (broad SMARTS) is 1. The van der Waals surface area contributed by atoms with Crippen LogP contribution in [0.4, 0.5) is 5.69 Å². The second-order valence-corrected chi connectivity index (χ2v) is 4.56. The highest BCUT2D eigenvalue weighted by atomic mass is 79.9. The molecule has 90 valence electrons. The summed E-state index contributed by atoms with van der Waals surface area (Å²) in [5.41, 5.74) is 2.05. The van der Waals surface area contributed by atoms with Gasteiger partial charge in [0.1, 0.15) is 0 Å².